The molecule has 1 heterocycles. The summed E-state index contributed by atoms with van der Waals surface area (Å²) in [5.41, 5.74) is 2.47. The van der Waals surface area contributed by atoms with Crippen LogP contribution in [0.1, 0.15) is 79.1 Å². The van der Waals surface area contributed by atoms with Gasteiger partial charge in [-0.25, -0.2) is 0 Å². The third kappa shape index (κ3) is 3.17. The van der Waals surface area contributed by atoms with Gasteiger partial charge in [-0.05, 0) is 91.3 Å². The van der Waals surface area contributed by atoms with Crippen molar-refractivity contribution in [1.29, 1.82) is 0 Å². The fourth-order valence-corrected chi connectivity index (χ4v) is 8.92. The van der Waals surface area contributed by atoms with Gasteiger partial charge in [-0.2, -0.15) is 0 Å². The molecule has 0 spiro atoms. The van der Waals surface area contributed by atoms with Crippen LogP contribution in [0.2, 0.25) is 0 Å². The van der Waals surface area contributed by atoms with Gasteiger partial charge >= 0.3 is 0 Å². The molecule has 4 fully saturated rings. The molecule has 3 heteroatoms. The Bertz CT molecular complexity index is 652. The number of rotatable bonds is 3. The van der Waals surface area contributed by atoms with Crippen molar-refractivity contribution in [2.24, 2.45) is 46.3 Å². The molecule has 0 amide bonds. The lowest BCUT2D eigenvalue weighted by molar-refractivity contribution is -0.0882. The normalized spacial score (nSPS) is 51.1. The predicted octanol–water partition coefficient (Wildman–Crippen LogP) is 5.57. The summed E-state index contributed by atoms with van der Waals surface area (Å²) in [5.74, 6) is 3.95. The monoisotopic (exact) mass is 402 g/mol. The average Bonchev–Trinajstić information content (AvgIpc) is 3.26. The van der Waals surface area contributed by atoms with Gasteiger partial charge in [0, 0.05) is 6.42 Å². The quantitative estimate of drug-likeness (QED) is 0.627. The fourth-order valence-electron chi connectivity index (χ4n) is 8.92. The van der Waals surface area contributed by atoms with E-state index in [0.29, 0.717) is 23.2 Å². The van der Waals surface area contributed by atoms with Crippen LogP contribution in [0.25, 0.3) is 0 Å². The summed E-state index contributed by atoms with van der Waals surface area (Å²) in [4.78, 5) is 0. The van der Waals surface area contributed by atoms with Crippen molar-refractivity contribution in [1.82, 2.24) is 0 Å². The molecule has 4 aliphatic carbocycles. The summed E-state index contributed by atoms with van der Waals surface area (Å²) < 4.78 is 11.5. The van der Waals surface area contributed by atoms with Crippen molar-refractivity contribution in [3.8, 4) is 0 Å². The van der Waals surface area contributed by atoms with Gasteiger partial charge in [0.25, 0.3) is 0 Å². The minimum Gasteiger partial charge on any atom is -0.393 e. The number of fused-ring (bicyclic) bond motifs is 5. The maximum absolute atomic E-state index is 11.3. The maximum atomic E-state index is 11.3. The van der Waals surface area contributed by atoms with Crippen molar-refractivity contribution in [3.05, 3.63) is 11.6 Å². The van der Waals surface area contributed by atoms with Crippen LogP contribution in [0.3, 0.4) is 0 Å². The topological polar surface area (TPSA) is 38.7 Å². The number of allylic oxidation sites excluding steroid dienone is 2. The van der Waals surface area contributed by atoms with E-state index in [4.69, 9.17) is 9.47 Å². The first-order valence-corrected chi connectivity index (χ1v) is 12.4. The molecule has 0 radical (unpaired) electrons. The minimum atomic E-state index is -0.162. The molecule has 0 bridgehead atoms. The van der Waals surface area contributed by atoms with Crippen LogP contribution in [-0.2, 0) is 9.47 Å². The van der Waals surface area contributed by atoms with Crippen molar-refractivity contribution >= 4 is 0 Å². The molecule has 164 valence electrons. The highest BCUT2D eigenvalue weighted by Gasteiger charge is 2.61. The third-order valence-electron chi connectivity index (χ3n) is 10.3. The van der Waals surface area contributed by atoms with E-state index in [9.17, 15) is 5.11 Å². The summed E-state index contributed by atoms with van der Waals surface area (Å²) >= 11 is 0. The molecule has 0 aromatic heterocycles. The van der Waals surface area contributed by atoms with Gasteiger partial charge in [0.1, 0.15) is 0 Å². The fraction of sp³-hybridized carbons (Fsp3) is 0.923. The lowest BCUT2D eigenvalue weighted by atomic mass is 9.46. The maximum Gasteiger partial charge on any atom is 0.158 e. The smallest absolute Gasteiger partial charge is 0.158 e. The van der Waals surface area contributed by atoms with Crippen LogP contribution in [0.4, 0.5) is 0 Å². The first-order chi connectivity index (χ1) is 13.8. The Hall–Kier alpha value is -0.380. The number of aliphatic hydroxyl groups excluding tert-OH is 1. The molecular weight excluding hydrogens is 360 g/mol. The SMILES string of the molecule is C[C@H]1CC[C@@]2(C)C(=CC[C@@H]3[C@@H]2CC[C@]2(C)C([C@H](C)CC4OCCO4)C(O)C[C@@H]32)C1. The summed E-state index contributed by atoms with van der Waals surface area (Å²) in [5, 5.41) is 11.3. The van der Waals surface area contributed by atoms with E-state index in [2.05, 4.69) is 33.8 Å². The minimum absolute atomic E-state index is 0.0560. The van der Waals surface area contributed by atoms with E-state index >= 15 is 0 Å². The third-order valence-corrected chi connectivity index (χ3v) is 10.3. The molecule has 1 aliphatic heterocycles. The highest BCUT2D eigenvalue weighted by atomic mass is 16.7. The Morgan fingerprint density at radius 1 is 1.14 bits per heavy atom. The number of aliphatic hydroxyl groups is 1. The van der Waals surface area contributed by atoms with Crippen molar-refractivity contribution in [3.63, 3.8) is 0 Å². The number of ether oxygens (including phenoxy) is 2. The van der Waals surface area contributed by atoms with Crippen molar-refractivity contribution in [2.75, 3.05) is 13.2 Å². The van der Waals surface area contributed by atoms with Crippen LogP contribution in [0.5, 0.6) is 0 Å². The first-order valence-electron chi connectivity index (χ1n) is 12.4. The second-order valence-electron chi connectivity index (χ2n) is 11.9. The molecule has 3 saturated carbocycles. The highest BCUT2D eigenvalue weighted by molar-refractivity contribution is 5.25. The standard InChI is InChI=1S/C26H42O3/c1-16-7-9-25(3)18(13-16)5-6-19-20(25)8-10-26(4)21(19)15-22(27)24(26)17(2)14-23-28-11-12-29-23/h5,16-17,19-24,27H,6-15H2,1-4H3/t16-,17+,19+,20-,21-,22?,24?,25-,26-/m0/s1. The van der Waals surface area contributed by atoms with Gasteiger partial charge in [-0.3, -0.25) is 0 Å². The molecule has 5 aliphatic rings. The molecule has 0 aromatic rings. The zero-order chi connectivity index (χ0) is 20.4. The van der Waals surface area contributed by atoms with Crippen LogP contribution < -0.4 is 0 Å². The van der Waals surface area contributed by atoms with E-state index in [1.807, 2.05) is 0 Å². The van der Waals surface area contributed by atoms with Gasteiger partial charge in [-0.1, -0.05) is 39.3 Å². The predicted molar refractivity (Wildman–Crippen MR) is 115 cm³/mol. The van der Waals surface area contributed by atoms with Gasteiger partial charge in [0.2, 0.25) is 0 Å². The molecule has 0 aromatic carbocycles. The number of hydrogen-bond donors (Lipinski definition) is 1. The molecule has 3 nitrogen and oxygen atoms in total. The van der Waals surface area contributed by atoms with Gasteiger partial charge in [0.05, 0.1) is 19.3 Å². The van der Waals surface area contributed by atoms with E-state index in [1.54, 1.807) is 5.57 Å². The Morgan fingerprint density at radius 2 is 1.90 bits per heavy atom. The summed E-state index contributed by atoms with van der Waals surface area (Å²) in [6, 6.07) is 0. The Labute approximate surface area is 177 Å². The largest absolute Gasteiger partial charge is 0.393 e. The van der Waals surface area contributed by atoms with Crippen molar-refractivity contribution < 1.29 is 14.6 Å². The van der Waals surface area contributed by atoms with Gasteiger partial charge in [0.15, 0.2) is 6.29 Å². The van der Waals surface area contributed by atoms with Crippen LogP contribution in [0, 0.1) is 46.3 Å². The lowest BCUT2D eigenvalue weighted by Crippen LogP contribution is -2.50. The lowest BCUT2D eigenvalue weighted by Gasteiger charge is -2.58. The second-order valence-corrected chi connectivity index (χ2v) is 11.9. The second kappa shape index (κ2) is 7.35. The molecular formula is C26H42O3. The van der Waals surface area contributed by atoms with Crippen molar-refractivity contribution in [2.45, 2.75) is 91.5 Å². The molecule has 5 rings (SSSR count). The van der Waals surface area contributed by atoms with Gasteiger partial charge < -0.3 is 14.6 Å². The molecule has 29 heavy (non-hydrogen) atoms. The summed E-state index contributed by atoms with van der Waals surface area (Å²) in [6.45, 7) is 11.3. The van der Waals surface area contributed by atoms with E-state index in [-0.39, 0.29) is 17.8 Å². The number of hydrogen-bond acceptors (Lipinski definition) is 3. The summed E-state index contributed by atoms with van der Waals surface area (Å²) in [6.07, 6.45) is 12.4. The van der Waals surface area contributed by atoms with Crippen LogP contribution >= 0.6 is 0 Å². The molecule has 2 unspecified atom stereocenters. The zero-order valence-electron chi connectivity index (χ0n) is 19.0. The highest BCUT2D eigenvalue weighted by Crippen LogP contribution is 2.67. The average molecular weight is 403 g/mol. The van der Waals surface area contributed by atoms with E-state index in [1.165, 1.54) is 38.5 Å². The Balaban J connectivity index is 1.38. The van der Waals surface area contributed by atoms with Crippen LogP contribution in [0.15, 0.2) is 11.6 Å². The molecule has 1 saturated heterocycles. The Morgan fingerprint density at radius 3 is 2.66 bits per heavy atom. The zero-order valence-corrected chi connectivity index (χ0v) is 19.0. The Kier molecular flexibility index (Phi) is 5.20. The molecule has 9 atom stereocenters. The molecule has 1 N–H and O–H groups in total. The summed E-state index contributed by atoms with van der Waals surface area (Å²) in [7, 11) is 0. The van der Waals surface area contributed by atoms with Gasteiger partial charge in [-0.15, -0.1) is 0 Å². The first kappa shape index (κ1) is 20.5. The van der Waals surface area contributed by atoms with Crippen LogP contribution in [-0.4, -0.2) is 30.7 Å². The van der Waals surface area contributed by atoms with E-state index in [0.717, 1.165) is 43.8 Å². The van der Waals surface area contributed by atoms with E-state index < -0.39 is 0 Å².